The molecule has 24 heavy (non-hydrogen) atoms. The molecule has 0 fully saturated rings. The van der Waals surface area contributed by atoms with Gasteiger partial charge in [0.1, 0.15) is 0 Å². The van der Waals surface area contributed by atoms with E-state index >= 15 is 0 Å². The molecule has 0 unspecified atom stereocenters. The van der Waals surface area contributed by atoms with Gasteiger partial charge in [-0.15, -0.1) is 0 Å². The van der Waals surface area contributed by atoms with E-state index in [-0.39, 0.29) is 68.0 Å². The first-order chi connectivity index (χ1) is 10.1. The Hall–Kier alpha value is 0.726. The molecule has 0 spiro atoms. The van der Waals surface area contributed by atoms with Crippen molar-refractivity contribution < 1.29 is 62.0 Å². The molecule has 0 aliphatic carbocycles. The minimum atomic E-state index is 0. The molecule has 159 valence electrons. The van der Waals surface area contributed by atoms with Crippen LogP contribution in [0.3, 0.4) is 0 Å². The second kappa shape index (κ2) is 89.1. The predicted octanol–water partition coefficient (Wildman–Crippen LogP) is -9.63. The van der Waals surface area contributed by atoms with Crippen LogP contribution in [0.4, 0.5) is 0 Å². The Bertz CT molecular complexity index is 95.5. The Balaban J connectivity index is -0.0000000216. The van der Waals surface area contributed by atoms with Crippen LogP contribution in [-0.2, 0) is 16.8 Å². The van der Waals surface area contributed by atoms with E-state index in [1.165, 1.54) is 0 Å². The van der Waals surface area contributed by atoms with Crippen LogP contribution in [0.15, 0.2) is 0 Å². The van der Waals surface area contributed by atoms with Crippen molar-refractivity contribution in [3.05, 3.63) is 0 Å². The molecule has 0 aromatic heterocycles. The molecular formula is C12H39Cl2CoN5O4. The zero-order valence-corrected chi connectivity index (χ0v) is 17.3. The predicted molar refractivity (Wildman–Crippen MR) is 88.8 cm³/mol. The molecule has 9 nitrogen and oxygen atoms in total. The normalized spacial score (nSPS) is 6.75. The average Bonchev–Trinajstić information content (AvgIpc) is 2.56. The number of hydrogen-bond acceptors (Lipinski definition) is 9. The number of hydrogen-bond donors (Lipinski definition) is 9. The summed E-state index contributed by atoms with van der Waals surface area (Å²) in [7, 11) is 0. The fourth-order valence-electron chi connectivity index (χ4n) is 0.250. The van der Waals surface area contributed by atoms with Crippen molar-refractivity contribution in [2.75, 3.05) is 65.7 Å². The molecule has 1 radical (unpaired) electrons. The zero-order valence-electron chi connectivity index (χ0n) is 14.8. The van der Waals surface area contributed by atoms with Gasteiger partial charge in [0.15, 0.2) is 0 Å². The van der Waals surface area contributed by atoms with Crippen LogP contribution >= 0.6 is 0 Å². The number of rotatable bonds is 6. The van der Waals surface area contributed by atoms with Gasteiger partial charge < -0.3 is 73.5 Å². The summed E-state index contributed by atoms with van der Waals surface area (Å²) >= 11 is 0. The molecular weight excluding hydrogens is 408 g/mol. The summed E-state index contributed by atoms with van der Waals surface area (Å²) in [6, 6.07) is 0. The number of nitrogens with two attached hydrogens (primary N) is 4. The second-order valence-electron chi connectivity index (χ2n) is 3.01. The molecule has 0 bridgehead atoms. The summed E-state index contributed by atoms with van der Waals surface area (Å²) in [4.78, 5) is 0. The monoisotopic (exact) mass is 446 g/mol. The van der Waals surface area contributed by atoms with Crippen molar-refractivity contribution in [1.29, 1.82) is 0 Å². The van der Waals surface area contributed by atoms with Crippen LogP contribution in [-0.4, -0.2) is 86.1 Å². The summed E-state index contributed by atoms with van der Waals surface area (Å²) in [6.07, 6.45) is 0. The number of halogens is 2. The van der Waals surface area contributed by atoms with Crippen molar-refractivity contribution in [3.8, 4) is 0 Å². The summed E-state index contributed by atoms with van der Waals surface area (Å²) in [5, 5.41) is 34.1. The first kappa shape index (κ1) is 49.8. The molecule has 0 heterocycles. The van der Waals surface area contributed by atoms with E-state index in [9.17, 15) is 0 Å². The summed E-state index contributed by atoms with van der Waals surface area (Å²) in [5.74, 6) is 0. The number of aliphatic hydroxyl groups excluding tert-OH is 4. The first-order valence-corrected chi connectivity index (χ1v) is 7.02. The molecule has 0 amide bonds. The molecule has 0 aromatic rings. The Morgan fingerprint density at radius 1 is 0.583 bits per heavy atom. The van der Waals surface area contributed by atoms with E-state index in [4.69, 9.17) is 43.4 Å². The summed E-state index contributed by atoms with van der Waals surface area (Å²) in [5.41, 5.74) is 19.1. The van der Waals surface area contributed by atoms with E-state index in [0.29, 0.717) is 26.2 Å². The van der Waals surface area contributed by atoms with Gasteiger partial charge in [0.25, 0.3) is 0 Å². The molecule has 0 saturated carbocycles. The van der Waals surface area contributed by atoms with E-state index in [1.54, 1.807) is 0 Å². The Kier molecular flexibility index (Phi) is 185. The molecule has 0 saturated heterocycles. The number of nitrogens with one attached hydrogen (secondary N) is 1. The molecule has 12 heteroatoms. The topological polar surface area (TPSA) is 197 Å². The van der Waals surface area contributed by atoms with E-state index < -0.39 is 0 Å². The smallest absolute Gasteiger partial charge is 1.00 e. The zero-order chi connectivity index (χ0) is 17.8. The maximum Gasteiger partial charge on any atom is 2.00 e. The van der Waals surface area contributed by atoms with Crippen LogP contribution in [0.2, 0.25) is 0 Å². The molecule has 0 rings (SSSR count). The quantitative estimate of drug-likeness (QED) is 0.190. The van der Waals surface area contributed by atoms with Gasteiger partial charge in [0.2, 0.25) is 0 Å². The van der Waals surface area contributed by atoms with Gasteiger partial charge in [-0.05, 0) is 13.1 Å². The fraction of sp³-hybridized carbons (Fsp3) is 1.00. The molecule has 0 aromatic carbocycles. The maximum absolute atomic E-state index is 7.75. The van der Waals surface area contributed by atoms with Crippen LogP contribution in [0.5, 0.6) is 0 Å². The SMILES string of the molecule is CCNCC.NCCO.NCCO.NCCO.NCCO.[Cl-].[Cl-].[Co+2]. The molecule has 0 aliphatic rings. The van der Waals surface area contributed by atoms with Gasteiger partial charge in [0.05, 0.1) is 26.4 Å². The first-order valence-electron chi connectivity index (χ1n) is 7.02. The van der Waals surface area contributed by atoms with Gasteiger partial charge in [-0.2, -0.15) is 0 Å². The van der Waals surface area contributed by atoms with Gasteiger partial charge in [-0.25, -0.2) is 0 Å². The third kappa shape index (κ3) is 237. The average molecular weight is 447 g/mol. The van der Waals surface area contributed by atoms with E-state index in [1.807, 2.05) is 0 Å². The maximum atomic E-state index is 7.75. The molecule has 0 atom stereocenters. The Labute approximate surface area is 169 Å². The van der Waals surface area contributed by atoms with Crippen LogP contribution in [0, 0.1) is 0 Å². The molecule has 13 N–H and O–H groups in total. The van der Waals surface area contributed by atoms with Crippen molar-refractivity contribution >= 4 is 0 Å². The van der Waals surface area contributed by atoms with E-state index in [2.05, 4.69) is 19.2 Å². The van der Waals surface area contributed by atoms with Crippen molar-refractivity contribution in [3.63, 3.8) is 0 Å². The van der Waals surface area contributed by atoms with Gasteiger partial charge in [-0.3, -0.25) is 0 Å². The minimum Gasteiger partial charge on any atom is -1.00 e. The van der Waals surface area contributed by atoms with Crippen molar-refractivity contribution in [1.82, 2.24) is 5.32 Å². The minimum absolute atomic E-state index is 0. The Morgan fingerprint density at radius 3 is 0.708 bits per heavy atom. The van der Waals surface area contributed by atoms with Crippen molar-refractivity contribution in [2.24, 2.45) is 22.9 Å². The van der Waals surface area contributed by atoms with E-state index in [0.717, 1.165) is 13.1 Å². The number of aliphatic hydroxyl groups is 4. The summed E-state index contributed by atoms with van der Waals surface area (Å²) in [6.45, 7) is 8.28. The Morgan fingerprint density at radius 2 is 0.708 bits per heavy atom. The standard InChI is InChI=1S/C4H11N.4C2H7NO.2ClH.Co/c1-3-5-4-2;4*3-1-2-4;;;/h5H,3-4H2,1-2H3;4*4H,1-3H2;2*1H;/q;;;;;;;+2/p-2. The second-order valence-corrected chi connectivity index (χ2v) is 3.01. The van der Waals surface area contributed by atoms with Crippen LogP contribution in [0.1, 0.15) is 13.8 Å². The van der Waals surface area contributed by atoms with Crippen molar-refractivity contribution in [2.45, 2.75) is 13.8 Å². The largest absolute Gasteiger partial charge is 2.00 e. The molecule has 0 aliphatic heterocycles. The van der Waals surface area contributed by atoms with Gasteiger partial charge in [-0.1, -0.05) is 13.8 Å². The van der Waals surface area contributed by atoms with Crippen LogP contribution < -0.4 is 53.1 Å². The van der Waals surface area contributed by atoms with Gasteiger partial charge in [0, 0.05) is 26.2 Å². The third-order valence-corrected chi connectivity index (χ3v) is 1.02. The summed E-state index contributed by atoms with van der Waals surface area (Å²) < 4.78 is 0. The van der Waals surface area contributed by atoms with Crippen LogP contribution in [0.25, 0.3) is 0 Å². The third-order valence-electron chi connectivity index (χ3n) is 1.02. The van der Waals surface area contributed by atoms with Gasteiger partial charge >= 0.3 is 16.8 Å². The fourth-order valence-corrected chi connectivity index (χ4v) is 0.250.